The zero-order valence-electron chi connectivity index (χ0n) is 16.9. The average molecular weight is 424 g/mol. The van der Waals surface area contributed by atoms with E-state index in [-0.39, 0.29) is 11.7 Å². The fourth-order valence-corrected chi connectivity index (χ4v) is 4.65. The topological polar surface area (TPSA) is 46.9 Å². The van der Waals surface area contributed by atoms with E-state index in [0.29, 0.717) is 18.8 Å². The molecule has 1 aliphatic rings. The molecule has 0 aliphatic heterocycles. The van der Waals surface area contributed by atoms with Crippen LogP contribution in [0.4, 0.5) is 4.39 Å². The highest BCUT2D eigenvalue weighted by Crippen LogP contribution is 2.27. The molecule has 156 valence electrons. The van der Waals surface area contributed by atoms with Crippen molar-refractivity contribution in [2.45, 2.75) is 43.7 Å². The molecule has 0 saturated carbocycles. The minimum atomic E-state index is -0.229. The largest absolute Gasteiger partial charge is 0.355 e. The second-order valence-corrected chi connectivity index (χ2v) is 8.58. The van der Waals surface area contributed by atoms with E-state index in [0.717, 1.165) is 27.9 Å². The molecule has 0 spiro atoms. The van der Waals surface area contributed by atoms with Crippen LogP contribution < -0.4 is 5.32 Å². The highest BCUT2D eigenvalue weighted by atomic mass is 32.2. The van der Waals surface area contributed by atoms with Crippen LogP contribution in [-0.4, -0.2) is 27.8 Å². The number of fused-ring (bicyclic) bond motifs is 1. The van der Waals surface area contributed by atoms with Gasteiger partial charge in [-0.15, -0.1) is 0 Å². The molecule has 30 heavy (non-hydrogen) atoms. The van der Waals surface area contributed by atoms with Gasteiger partial charge < -0.3 is 9.88 Å². The molecule has 0 radical (unpaired) electrons. The lowest BCUT2D eigenvalue weighted by Crippen LogP contribution is -2.26. The van der Waals surface area contributed by atoms with E-state index in [1.807, 2.05) is 18.3 Å². The zero-order valence-corrected chi connectivity index (χ0v) is 17.8. The van der Waals surface area contributed by atoms with Crippen molar-refractivity contribution in [1.82, 2.24) is 14.9 Å². The number of benzene rings is 1. The first-order valence-corrected chi connectivity index (χ1v) is 11.4. The number of aromatic nitrogens is 2. The van der Waals surface area contributed by atoms with Crippen LogP contribution in [0.1, 0.15) is 37.7 Å². The number of carbonyl (C=O) groups excluding carboxylic acids is 1. The summed E-state index contributed by atoms with van der Waals surface area (Å²) >= 11 is 1.46. The number of rotatable bonds is 8. The van der Waals surface area contributed by atoms with Gasteiger partial charge in [0.2, 0.25) is 5.91 Å². The van der Waals surface area contributed by atoms with Crippen molar-refractivity contribution in [2.75, 3.05) is 12.3 Å². The predicted octanol–water partition coefficient (Wildman–Crippen LogP) is 5.32. The Morgan fingerprint density at radius 1 is 1.17 bits per heavy atom. The van der Waals surface area contributed by atoms with Gasteiger partial charge in [0.15, 0.2) is 0 Å². The van der Waals surface area contributed by atoms with Crippen LogP contribution in [0.5, 0.6) is 0 Å². The Labute approximate surface area is 180 Å². The van der Waals surface area contributed by atoms with Crippen molar-refractivity contribution >= 4 is 28.6 Å². The van der Waals surface area contributed by atoms with E-state index in [2.05, 4.69) is 20.9 Å². The lowest BCUT2D eigenvalue weighted by Gasteiger charge is -2.12. The van der Waals surface area contributed by atoms with Gasteiger partial charge >= 0.3 is 0 Å². The van der Waals surface area contributed by atoms with Crippen LogP contribution in [0.2, 0.25) is 0 Å². The van der Waals surface area contributed by atoms with Gasteiger partial charge in [-0.25, -0.2) is 9.37 Å². The summed E-state index contributed by atoms with van der Waals surface area (Å²) in [6, 6.07) is 10.6. The van der Waals surface area contributed by atoms with Crippen molar-refractivity contribution in [3.05, 3.63) is 71.8 Å². The summed E-state index contributed by atoms with van der Waals surface area (Å²) in [5.74, 6) is 0.169. The first-order valence-electron chi connectivity index (χ1n) is 10.4. The summed E-state index contributed by atoms with van der Waals surface area (Å²) in [7, 11) is 0. The number of nitrogens with one attached hydrogen (secondary N) is 1. The Hall–Kier alpha value is -2.60. The summed E-state index contributed by atoms with van der Waals surface area (Å²) in [5.41, 5.74) is 3.57. The first-order chi connectivity index (χ1) is 14.7. The van der Waals surface area contributed by atoms with Gasteiger partial charge in [-0.3, -0.25) is 4.79 Å². The molecule has 0 fully saturated rings. The fraction of sp³-hybridized carbons (Fsp3) is 0.333. The Balaban J connectivity index is 1.34. The van der Waals surface area contributed by atoms with Crippen LogP contribution in [-0.2, 0) is 11.3 Å². The molecule has 0 unspecified atom stereocenters. The molecule has 2 heterocycles. The number of pyridine rings is 1. The van der Waals surface area contributed by atoms with Gasteiger partial charge in [0, 0.05) is 30.9 Å². The van der Waals surface area contributed by atoms with Gasteiger partial charge in [0.25, 0.3) is 0 Å². The summed E-state index contributed by atoms with van der Waals surface area (Å²) in [5, 5.41) is 4.92. The Kier molecular flexibility index (Phi) is 6.84. The monoisotopic (exact) mass is 423 g/mol. The molecule has 4 nitrogen and oxygen atoms in total. The smallest absolute Gasteiger partial charge is 0.230 e. The van der Waals surface area contributed by atoms with Crippen LogP contribution in [0.15, 0.2) is 65.5 Å². The molecule has 2 aromatic heterocycles. The maximum atomic E-state index is 13.1. The maximum Gasteiger partial charge on any atom is 0.230 e. The lowest BCUT2D eigenvalue weighted by molar-refractivity contribution is -0.118. The van der Waals surface area contributed by atoms with Crippen molar-refractivity contribution < 1.29 is 9.18 Å². The number of halogens is 1. The Morgan fingerprint density at radius 2 is 2.03 bits per heavy atom. The highest BCUT2D eigenvalue weighted by Gasteiger charge is 2.11. The molecule has 1 aliphatic carbocycles. The quantitative estimate of drug-likeness (QED) is 0.394. The van der Waals surface area contributed by atoms with Crippen molar-refractivity contribution in [2.24, 2.45) is 0 Å². The number of amides is 1. The molecule has 4 rings (SSSR count). The lowest BCUT2D eigenvalue weighted by atomic mass is 9.97. The summed E-state index contributed by atoms with van der Waals surface area (Å²) in [6.07, 6.45) is 12.0. The molecule has 1 amide bonds. The second kappa shape index (κ2) is 9.94. The fourth-order valence-electron chi connectivity index (χ4n) is 3.81. The van der Waals surface area contributed by atoms with Crippen LogP contribution in [0.3, 0.4) is 0 Å². The molecule has 3 aromatic rings. The number of nitrogens with zero attached hydrogens (tertiary/aromatic N) is 2. The standard InChI is InChI=1S/C24H26FN3OS/c25-20-8-6-19(7-9-20)16-28-15-12-21-22(28)11-14-27-24(21)30-17-23(29)26-13-10-18-4-2-1-3-5-18/h4,6-9,11-12,14-15H,1-3,5,10,13,16-17H2,(H,26,29). The van der Waals surface area contributed by atoms with Crippen LogP contribution in [0, 0.1) is 5.82 Å². The third-order valence-electron chi connectivity index (χ3n) is 5.42. The summed E-state index contributed by atoms with van der Waals surface area (Å²) in [4.78, 5) is 16.7. The van der Waals surface area contributed by atoms with Gasteiger partial charge in [-0.05, 0) is 61.9 Å². The van der Waals surface area contributed by atoms with Crippen LogP contribution in [0.25, 0.3) is 10.9 Å². The summed E-state index contributed by atoms with van der Waals surface area (Å²) in [6.45, 7) is 1.37. The minimum Gasteiger partial charge on any atom is -0.355 e. The molecule has 1 N–H and O–H groups in total. The number of hydrogen-bond donors (Lipinski definition) is 1. The second-order valence-electron chi connectivity index (χ2n) is 7.62. The Bertz CT molecular complexity index is 1040. The van der Waals surface area contributed by atoms with Gasteiger partial charge in [-0.2, -0.15) is 0 Å². The molecule has 6 heteroatoms. The minimum absolute atomic E-state index is 0.0426. The SMILES string of the molecule is O=C(CSc1nccc2c1ccn2Cc1ccc(F)cc1)NCCC1=CCCCC1. The van der Waals surface area contributed by atoms with Gasteiger partial charge in [-0.1, -0.05) is 35.5 Å². The van der Waals surface area contributed by atoms with E-state index in [4.69, 9.17) is 0 Å². The van der Waals surface area contributed by atoms with E-state index in [1.165, 1.54) is 55.2 Å². The van der Waals surface area contributed by atoms with E-state index >= 15 is 0 Å². The third-order valence-corrected chi connectivity index (χ3v) is 6.43. The molecule has 0 bridgehead atoms. The zero-order chi connectivity index (χ0) is 20.8. The third kappa shape index (κ3) is 5.30. The maximum absolute atomic E-state index is 13.1. The van der Waals surface area contributed by atoms with Gasteiger partial charge in [0.1, 0.15) is 10.8 Å². The average Bonchev–Trinajstić information content (AvgIpc) is 3.18. The van der Waals surface area contributed by atoms with Crippen molar-refractivity contribution in [1.29, 1.82) is 0 Å². The van der Waals surface area contributed by atoms with Crippen molar-refractivity contribution in [3.8, 4) is 0 Å². The van der Waals surface area contributed by atoms with E-state index < -0.39 is 0 Å². The predicted molar refractivity (Wildman–Crippen MR) is 120 cm³/mol. The van der Waals surface area contributed by atoms with E-state index in [9.17, 15) is 9.18 Å². The molecule has 0 saturated heterocycles. The summed E-state index contributed by atoms with van der Waals surface area (Å²) < 4.78 is 15.3. The number of carbonyl (C=O) groups is 1. The highest BCUT2D eigenvalue weighted by molar-refractivity contribution is 8.00. The molecule has 0 atom stereocenters. The van der Waals surface area contributed by atoms with E-state index in [1.54, 1.807) is 18.3 Å². The Morgan fingerprint density at radius 3 is 2.83 bits per heavy atom. The normalized spacial score (nSPS) is 14.0. The number of allylic oxidation sites excluding steroid dienone is 1. The van der Waals surface area contributed by atoms with Crippen molar-refractivity contribution in [3.63, 3.8) is 0 Å². The first kappa shape index (κ1) is 20.7. The van der Waals surface area contributed by atoms with Crippen LogP contribution >= 0.6 is 11.8 Å². The number of hydrogen-bond acceptors (Lipinski definition) is 3. The number of thioether (sulfide) groups is 1. The van der Waals surface area contributed by atoms with Gasteiger partial charge in [0.05, 0.1) is 11.3 Å². The molecular formula is C24H26FN3OS. The molecule has 1 aromatic carbocycles. The molecular weight excluding hydrogens is 397 g/mol.